The first-order chi connectivity index (χ1) is 13.5. The minimum atomic E-state index is -0.614. The summed E-state index contributed by atoms with van der Waals surface area (Å²) in [5, 5.41) is 14.4. The number of hydrogen-bond acceptors (Lipinski definition) is 6. The van der Waals surface area contributed by atoms with E-state index in [4.69, 9.17) is 5.26 Å². The molecule has 2 aliphatic heterocycles. The quantitative estimate of drug-likeness (QED) is 0.779. The number of carbonyl (C=O) groups excluding carboxylic acids is 3. The van der Waals surface area contributed by atoms with E-state index in [1.807, 2.05) is 24.3 Å². The van der Waals surface area contributed by atoms with Crippen LogP contribution in [-0.2, 0) is 22.7 Å². The molecule has 1 saturated heterocycles. The lowest BCUT2D eigenvalue weighted by Gasteiger charge is -2.29. The van der Waals surface area contributed by atoms with E-state index in [9.17, 15) is 14.4 Å². The van der Waals surface area contributed by atoms with Crippen molar-refractivity contribution in [3.63, 3.8) is 0 Å². The molecule has 2 N–H and O–H groups in total. The third kappa shape index (κ3) is 3.30. The molecule has 2 aliphatic rings. The van der Waals surface area contributed by atoms with E-state index < -0.39 is 11.9 Å². The maximum absolute atomic E-state index is 12.8. The first-order valence-corrected chi connectivity index (χ1v) is 8.92. The van der Waals surface area contributed by atoms with Gasteiger partial charge in [0.05, 0.1) is 0 Å². The Kier molecular flexibility index (Phi) is 4.49. The lowest BCUT2D eigenvalue weighted by Crippen LogP contribution is -2.52. The van der Waals surface area contributed by atoms with Crippen molar-refractivity contribution >= 4 is 23.5 Å². The van der Waals surface area contributed by atoms with Crippen molar-refractivity contribution in [2.24, 2.45) is 0 Å². The standard InChI is InChI=1S/C20H17N5O3/c21-9-14-2-1-3-17(23-14)22-10-12-4-5-13-11-25(20(28)15(13)8-12)16-6-7-18(26)24-19(16)27/h1-5,8,16H,6-7,10-11H2,(H,22,23)(H,24,26,27). The molecule has 1 unspecified atom stereocenters. The molecule has 2 aromatic rings. The van der Waals surface area contributed by atoms with E-state index >= 15 is 0 Å². The van der Waals surface area contributed by atoms with Crippen LogP contribution in [0.1, 0.15) is 40.0 Å². The predicted molar refractivity (Wildman–Crippen MR) is 98.8 cm³/mol. The minimum absolute atomic E-state index is 0.198. The third-order valence-electron chi connectivity index (χ3n) is 4.93. The van der Waals surface area contributed by atoms with Crippen LogP contribution in [0.4, 0.5) is 5.82 Å². The zero-order chi connectivity index (χ0) is 19.7. The number of nitrogens with zero attached hydrogens (tertiary/aromatic N) is 3. The van der Waals surface area contributed by atoms with E-state index in [0.29, 0.717) is 36.6 Å². The van der Waals surface area contributed by atoms with Crippen molar-refractivity contribution in [3.8, 4) is 6.07 Å². The summed E-state index contributed by atoms with van der Waals surface area (Å²) in [6.07, 6.45) is 0.584. The monoisotopic (exact) mass is 375 g/mol. The highest BCUT2D eigenvalue weighted by Gasteiger charge is 2.39. The molecular weight excluding hydrogens is 358 g/mol. The third-order valence-corrected chi connectivity index (χ3v) is 4.93. The summed E-state index contributed by atoms with van der Waals surface area (Å²) in [7, 11) is 0. The Hall–Kier alpha value is -3.73. The number of rotatable bonds is 4. The number of fused-ring (bicyclic) bond motifs is 1. The highest BCUT2D eigenvalue weighted by Crippen LogP contribution is 2.28. The predicted octanol–water partition coefficient (Wildman–Crippen LogP) is 1.33. The maximum atomic E-state index is 12.8. The van der Waals surface area contributed by atoms with Gasteiger partial charge >= 0.3 is 0 Å². The normalized spacial score (nSPS) is 18.5. The summed E-state index contributed by atoms with van der Waals surface area (Å²) in [6.45, 7) is 0.806. The number of carbonyl (C=O) groups is 3. The van der Waals surface area contributed by atoms with Gasteiger partial charge in [-0.1, -0.05) is 18.2 Å². The number of aromatic nitrogens is 1. The Morgan fingerprint density at radius 2 is 2.11 bits per heavy atom. The van der Waals surface area contributed by atoms with E-state index in [-0.39, 0.29) is 18.2 Å². The van der Waals surface area contributed by atoms with Crippen LogP contribution in [0.15, 0.2) is 36.4 Å². The zero-order valence-corrected chi connectivity index (χ0v) is 14.9. The van der Waals surface area contributed by atoms with Crippen LogP contribution < -0.4 is 10.6 Å². The van der Waals surface area contributed by atoms with Crippen LogP contribution in [0.5, 0.6) is 0 Å². The Morgan fingerprint density at radius 1 is 1.25 bits per heavy atom. The fourth-order valence-electron chi connectivity index (χ4n) is 3.50. The first-order valence-electron chi connectivity index (χ1n) is 8.92. The van der Waals surface area contributed by atoms with Crippen molar-refractivity contribution in [2.45, 2.75) is 32.0 Å². The van der Waals surface area contributed by atoms with E-state index in [1.165, 1.54) is 4.90 Å². The van der Waals surface area contributed by atoms with Gasteiger partial charge in [0.1, 0.15) is 23.6 Å². The van der Waals surface area contributed by atoms with Crippen molar-refractivity contribution in [1.29, 1.82) is 5.26 Å². The van der Waals surface area contributed by atoms with Crippen LogP contribution in [0.25, 0.3) is 0 Å². The van der Waals surface area contributed by atoms with Gasteiger partial charge in [0, 0.05) is 25.1 Å². The van der Waals surface area contributed by atoms with Crippen molar-refractivity contribution in [2.75, 3.05) is 5.32 Å². The average Bonchev–Trinajstić information content (AvgIpc) is 3.02. The molecule has 0 saturated carbocycles. The Bertz CT molecular complexity index is 1030. The van der Waals surface area contributed by atoms with Crippen molar-refractivity contribution in [3.05, 3.63) is 58.8 Å². The van der Waals surface area contributed by atoms with E-state index in [0.717, 1.165) is 11.1 Å². The molecule has 8 nitrogen and oxygen atoms in total. The molecule has 1 atom stereocenters. The number of pyridine rings is 1. The van der Waals surface area contributed by atoms with Gasteiger partial charge in [-0.25, -0.2) is 4.98 Å². The summed E-state index contributed by atoms with van der Waals surface area (Å²) in [4.78, 5) is 42.0. The van der Waals surface area contributed by atoms with E-state index in [2.05, 4.69) is 15.6 Å². The number of imide groups is 1. The molecule has 4 rings (SSSR count). The summed E-state index contributed by atoms with van der Waals surface area (Å²) in [6, 6.07) is 12.1. The highest BCUT2D eigenvalue weighted by atomic mass is 16.2. The summed E-state index contributed by atoms with van der Waals surface area (Å²) >= 11 is 0. The fraction of sp³-hybridized carbons (Fsp3) is 0.250. The molecule has 8 heteroatoms. The molecule has 1 aromatic carbocycles. The van der Waals surface area contributed by atoms with Crippen molar-refractivity contribution < 1.29 is 14.4 Å². The smallest absolute Gasteiger partial charge is 0.255 e. The zero-order valence-electron chi connectivity index (χ0n) is 14.9. The van der Waals surface area contributed by atoms with Crippen LogP contribution in [-0.4, -0.2) is 33.6 Å². The highest BCUT2D eigenvalue weighted by molar-refractivity contribution is 6.05. The van der Waals surface area contributed by atoms with Crippen LogP contribution in [0.2, 0.25) is 0 Å². The van der Waals surface area contributed by atoms with E-state index in [1.54, 1.807) is 18.2 Å². The van der Waals surface area contributed by atoms with Gasteiger partial charge in [-0.05, 0) is 35.7 Å². The average molecular weight is 375 g/mol. The summed E-state index contributed by atoms with van der Waals surface area (Å²) in [5.74, 6) is -0.331. The molecule has 1 aromatic heterocycles. The fourth-order valence-corrected chi connectivity index (χ4v) is 3.50. The maximum Gasteiger partial charge on any atom is 0.255 e. The van der Waals surface area contributed by atoms with Gasteiger partial charge in [0.2, 0.25) is 11.8 Å². The molecule has 28 heavy (non-hydrogen) atoms. The van der Waals surface area contributed by atoms with Gasteiger partial charge in [-0.3, -0.25) is 19.7 Å². The Labute approximate surface area is 161 Å². The number of amides is 3. The molecule has 0 radical (unpaired) electrons. The Morgan fingerprint density at radius 3 is 2.89 bits per heavy atom. The number of anilines is 1. The number of benzene rings is 1. The molecule has 1 fully saturated rings. The first kappa shape index (κ1) is 17.7. The van der Waals surface area contributed by atoms with Gasteiger partial charge in [-0.15, -0.1) is 0 Å². The number of nitriles is 1. The molecule has 0 spiro atoms. The number of nitrogens with one attached hydrogen (secondary N) is 2. The second-order valence-corrected chi connectivity index (χ2v) is 6.76. The lowest BCUT2D eigenvalue weighted by molar-refractivity contribution is -0.136. The van der Waals surface area contributed by atoms with Crippen LogP contribution in [0, 0.1) is 11.3 Å². The molecule has 0 bridgehead atoms. The lowest BCUT2D eigenvalue weighted by atomic mass is 10.0. The SMILES string of the molecule is N#Cc1cccc(NCc2ccc3c(c2)C(=O)N(C2CCC(=O)NC2=O)C3)n1. The summed E-state index contributed by atoms with van der Waals surface area (Å²) in [5.41, 5.74) is 2.65. The Balaban J connectivity index is 1.47. The topological polar surface area (TPSA) is 115 Å². The second kappa shape index (κ2) is 7.12. The molecule has 0 aliphatic carbocycles. The van der Waals surface area contributed by atoms with Crippen LogP contribution in [0.3, 0.4) is 0 Å². The molecular formula is C20H17N5O3. The van der Waals surface area contributed by atoms with Crippen molar-refractivity contribution in [1.82, 2.24) is 15.2 Å². The van der Waals surface area contributed by atoms with Gasteiger partial charge in [0.15, 0.2) is 0 Å². The van der Waals surface area contributed by atoms with Gasteiger partial charge in [0.25, 0.3) is 5.91 Å². The van der Waals surface area contributed by atoms with Gasteiger partial charge in [-0.2, -0.15) is 5.26 Å². The number of hydrogen-bond donors (Lipinski definition) is 2. The molecule has 3 amide bonds. The summed E-state index contributed by atoms with van der Waals surface area (Å²) < 4.78 is 0. The van der Waals surface area contributed by atoms with Gasteiger partial charge < -0.3 is 10.2 Å². The molecule has 140 valence electrons. The number of piperidine rings is 1. The second-order valence-electron chi connectivity index (χ2n) is 6.76. The van der Waals surface area contributed by atoms with Crippen LogP contribution >= 0.6 is 0 Å². The largest absolute Gasteiger partial charge is 0.366 e. The minimum Gasteiger partial charge on any atom is -0.366 e. The molecule has 3 heterocycles.